The van der Waals surface area contributed by atoms with Gasteiger partial charge in [-0.2, -0.15) is 0 Å². The molecule has 0 fully saturated rings. The molecule has 0 radical (unpaired) electrons. The fraction of sp³-hybridized carbons (Fsp3) is 0.400. The highest BCUT2D eigenvalue weighted by molar-refractivity contribution is 5.81. The van der Waals surface area contributed by atoms with Crippen molar-refractivity contribution in [3.8, 4) is 0 Å². The molecule has 11 heteroatoms. The van der Waals surface area contributed by atoms with E-state index in [0.717, 1.165) is 15.7 Å². The number of rotatable bonds is 12. The van der Waals surface area contributed by atoms with Crippen molar-refractivity contribution in [3.05, 3.63) is 75.2 Å². The van der Waals surface area contributed by atoms with E-state index in [2.05, 4.69) is 11.6 Å². The van der Waals surface area contributed by atoms with Crippen LogP contribution in [0.4, 0.5) is 0 Å². The topological polar surface area (TPSA) is 118 Å². The van der Waals surface area contributed by atoms with Crippen LogP contribution in [0.1, 0.15) is 19.4 Å². The first-order chi connectivity index (χ1) is 17.3. The molecule has 1 amide bonds. The van der Waals surface area contributed by atoms with Crippen molar-refractivity contribution in [2.24, 2.45) is 0 Å². The minimum atomic E-state index is -0.873. The number of carbonyl (C=O) groups is 2. The molecule has 0 N–H and O–H groups in total. The second kappa shape index (κ2) is 12.1. The number of carbonyl (C=O) groups excluding carboxylic acids is 2. The van der Waals surface area contributed by atoms with Crippen LogP contribution in [0.5, 0.6) is 0 Å². The zero-order valence-corrected chi connectivity index (χ0v) is 20.8. The Bertz CT molecular complexity index is 1360. The Labute approximate surface area is 208 Å². The average Bonchev–Trinajstić information content (AvgIpc) is 3.29. The van der Waals surface area contributed by atoms with Crippen molar-refractivity contribution < 1.29 is 19.1 Å². The SMILES string of the molecule is C=C(C)CN(CC)C(=O)COC(=O)Cn1c(=O)c2c(ncn2CCOC)n(Cc2ccccc2)c1=O. The molecule has 36 heavy (non-hydrogen) atoms. The number of hydrogen-bond acceptors (Lipinski definition) is 7. The highest BCUT2D eigenvalue weighted by Crippen LogP contribution is 2.10. The lowest BCUT2D eigenvalue weighted by molar-refractivity contribution is -0.152. The first kappa shape index (κ1) is 26.6. The van der Waals surface area contributed by atoms with E-state index >= 15 is 0 Å². The minimum absolute atomic E-state index is 0.150. The van der Waals surface area contributed by atoms with Crippen LogP contribution in [-0.2, 0) is 38.7 Å². The van der Waals surface area contributed by atoms with E-state index in [4.69, 9.17) is 9.47 Å². The maximum Gasteiger partial charge on any atom is 0.333 e. The molecule has 0 unspecified atom stereocenters. The summed E-state index contributed by atoms with van der Waals surface area (Å²) in [5, 5.41) is 0. The number of likely N-dealkylation sites (N-methyl/N-ethyl adjacent to an activating group) is 1. The van der Waals surface area contributed by atoms with Gasteiger partial charge in [-0.05, 0) is 19.4 Å². The number of nitrogens with zero attached hydrogens (tertiary/aromatic N) is 5. The second-order valence-electron chi connectivity index (χ2n) is 8.37. The van der Waals surface area contributed by atoms with Crippen molar-refractivity contribution in [2.45, 2.75) is 33.5 Å². The van der Waals surface area contributed by atoms with Gasteiger partial charge in [0.2, 0.25) is 0 Å². The van der Waals surface area contributed by atoms with Gasteiger partial charge in [-0.1, -0.05) is 42.5 Å². The van der Waals surface area contributed by atoms with Crippen LogP contribution in [0.15, 0.2) is 58.4 Å². The van der Waals surface area contributed by atoms with Gasteiger partial charge in [-0.25, -0.2) is 14.3 Å². The maximum absolute atomic E-state index is 13.3. The van der Waals surface area contributed by atoms with E-state index in [9.17, 15) is 19.2 Å². The van der Waals surface area contributed by atoms with Crippen molar-refractivity contribution in [1.29, 1.82) is 0 Å². The van der Waals surface area contributed by atoms with E-state index in [1.165, 1.54) is 22.9 Å². The third kappa shape index (κ3) is 6.16. The molecule has 0 spiro atoms. The highest BCUT2D eigenvalue weighted by atomic mass is 16.5. The van der Waals surface area contributed by atoms with Gasteiger partial charge in [0.25, 0.3) is 11.5 Å². The number of esters is 1. The lowest BCUT2D eigenvalue weighted by atomic mass is 10.2. The summed E-state index contributed by atoms with van der Waals surface area (Å²) in [7, 11) is 1.54. The van der Waals surface area contributed by atoms with Crippen LogP contribution in [0, 0.1) is 0 Å². The van der Waals surface area contributed by atoms with Crippen LogP contribution >= 0.6 is 0 Å². The molecule has 1 aromatic carbocycles. The zero-order chi connectivity index (χ0) is 26.2. The van der Waals surface area contributed by atoms with E-state index in [-0.39, 0.29) is 17.7 Å². The van der Waals surface area contributed by atoms with Crippen molar-refractivity contribution in [3.63, 3.8) is 0 Å². The fourth-order valence-electron chi connectivity index (χ4n) is 3.76. The second-order valence-corrected chi connectivity index (χ2v) is 8.37. The van der Waals surface area contributed by atoms with Gasteiger partial charge in [0, 0.05) is 26.7 Å². The van der Waals surface area contributed by atoms with Crippen LogP contribution in [0.2, 0.25) is 0 Å². The molecule has 0 aliphatic heterocycles. The minimum Gasteiger partial charge on any atom is -0.454 e. The number of imidazole rings is 1. The van der Waals surface area contributed by atoms with Gasteiger partial charge in [-0.3, -0.25) is 19.0 Å². The largest absolute Gasteiger partial charge is 0.454 e. The monoisotopic (exact) mass is 497 g/mol. The molecule has 192 valence electrons. The number of hydrogen-bond donors (Lipinski definition) is 0. The normalized spacial score (nSPS) is 11.0. The number of aromatic nitrogens is 4. The van der Waals surface area contributed by atoms with Gasteiger partial charge in [0.05, 0.1) is 19.5 Å². The van der Waals surface area contributed by atoms with E-state index < -0.39 is 36.3 Å². The summed E-state index contributed by atoms with van der Waals surface area (Å²) in [6, 6.07) is 9.23. The molecule has 0 aliphatic carbocycles. The molecule has 0 saturated heterocycles. The molecule has 2 aromatic heterocycles. The molecular weight excluding hydrogens is 466 g/mol. The van der Waals surface area contributed by atoms with Crippen LogP contribution in [-0.4, -0.2) is 68.9 Å². The third-order valence-electron chi connectivity index (χ3n) is 5.54. The summed E-state index contributed by atoms with van der Waals surface area (Å²) < 4.78 is 14.0. The Morgan fingerprint density at radius 3 is 2.50 bits per heavy atom. The Morgan fingerprint density at radius 1 is 1.14 bits per heavy atom. The Hall–Kier alpha value is -3.99. The number of benzene rings is 1. The first-order valence-corrected chi connectivity index (χ1v) is 11.6. The summed E-state index contributed by atoms with van der Waals surface area (Å²) in [5.41, 5.74) is 0.624. The van der Waals surface area contributed by atoms with Gasteiger partial charge in [0.15, 0.2) is 17.8 Å². The molecule has 3 rings (SSSR count). The fourth-order valence-corrected chi connectivity index (χ4v) is 3.76. The van der Waals surface area contributed by atoms with Crippen LogP contribution < -0.4 is 11.2 Å². The molecule has 3 aromatic rings. The van der Waals surface area contributed by atoms with Gasteiger partial charge in [0.1, 0.15) is 6.54 Å². The molecule has 0 bridgehead atoms. The summed E-state index contributed by atoms with van der Waals surface area (Å²) in [4.78, 5) is 57.4. The smallest absolute Gasteiger partial charge is 0.333 e. The van der Waals surface area contributed by atoms with E-state index in [1.807, 2.05) is 30.3 Å². The molecule has 11 nitrogen and oxygen atoms in total. The number of methoxy groups -OCH3 is 1. The number of amides is 1. The summed E-state index contributed by atoms with van der Waals surface area (Å²) in [5.74, 6) is -1.27. The number of ether oxygens (including phenoxy) is 2. The van der Waals surface area contributed by atoms with Crippen LogP contribution in [0.25, 0.3) is 11.2 Å². The Kier molecular flexibility index (Phi) is 8.96. The molecule has 0 saturated carbocycles. The van der Waals surface area contributed by atoms with Gasteiger partial charge < -0.3 is 18.9 Å². The molecule has 0 atom stereocenters. The van der Waals surface area contributed by atoms with E-state index in [0.29, 0.717) is 26.2 Å². The zero-order valence-electron chi connectivity index (χ0n) is 20.8. The quantitative estimate of drug-likeness (QED) is 0.271. The first-order valence-electron chi connectivity index (χ1n) is 11.6. The van der Waals surface area contributed by atoms with Gasteiger partial charge in [-0.15, -0.1) is 0 Å². The summed E-state index contributed by atoms with van der Waals surface area (Å²) >= 11 is 0. The maximum atomic E-state index is 13.3. The lowest BCUT2D eigenvalue weighted by Crippen LogP contribution is -2.43. The predicted octanol–water partition coefficient (Wildman–Crippen LogP) is 1.02. The summed E-state index contributed by atoms with van der Waals surface area (Å²) in [6.45, 7) is 7.83. The van der Waals surface area contributed by atoms with Crippen LogP contribution in [0.3, 0.4) is 0 Å². The lowest BCUT2D eigenvalue weighted by Gasteiger charge is -2.20. The Balaban J connectivity index is 1.93. The predicted molar refractivity (Wildman–Crippen MR) is 134 cm³/mol. The third-order valence-corrected chi connectivity index (χ3v) is 5.54. The van der Waals surface area contributed by atoms with Crippen molar-refractivity contribution in [1.82, 2.24) is 23.6 Å². The van der Waals surface area contributed by atoms with E-state index in [1.54, 1.807) is 18.4 Å². The molecule has 0 aliphatic rings. The summed E-state index contributed by atoms with van der Waals surface area (Å²) in [6.07, 6.45) is 1.47. The van der Waals surface area contributed by atoms with Gasteiger partial charge >= 0.3 is 11.7 Å². The molecular formula is C25H31N5O6. The average molecular weight is 498 g/mol. The Morgan fingerprint density at radius 2 is 1.86 bits per heavy atom. The highest BCUT2D eigenvalue weighted by Gasteiger charge is 2.21. The number of fused-ring (bicyclic) bond motifs is 1. The molecule has 2 heterocycles. The van der Waals surface area contributed by atoms with Crippen molar-refractivity contribution >= 4 is 23.0 Å². The van der Waals surface area contributed by atoms with Crippen molar-refractivity contribution in [2.75, 3.05) is 33.4 Å². The standard InChI is InChI=1S/C25H31N5O6/c1-5-27(13-18(2)3)20(31)16-36-21(32)15-30-24(33)22-23(26-17-28(22)11-12-35-4)29(25(30)34)14-19-9-7-6-8-10-19/h6-10,17H,2,5,11-16H2,1,3-4H3.